The van der Waals surface area contributed by atoms with Crippen LogP contribution in [0.4, 0.5) is 0 Å². The molecular weight excluding hydrogens is 384 g/mol. The van der Waals surface area contributed by atoms with Gasteiger partial charge in [-0.2, -0.15) is 0 Å². The van der Waals surface area contributed by atoms with Crippen LogP contribution in [0.15, 0.2) is 40.9 Å². The smallest absolute Gasteiger partial charge is 0.260 e. The maximum atomic E-state index is 12.3. The summed E-state index contributed by atoms with van der Waals surface area (Å²) in [5.41, 5.74) is 0. The summed E-state index contributed by atoms with van der Waals surface area (Å²) in [6, 6.07) is 11.8. The van der Waals surface area contributed by atoms with Gasteiger partial charge in [-0.1, -0.05) is 28.1 Å². The molecule has 3 rings (SSSR count). The molecule has 0 N–H and O–H groups in total. The molecule has 0 aliphatic heterocycles. The van der Waals surface area contributed by atoms with Crippen LogP contribution in [0.1, 0.15) is 11.6 Å². The molecule has 25 heavy (non-hydrogen) atoms. The average molecular weight is 403 g/mol. The molecule has 7 heteroatoms. The first-order valence-electron chi connectivity index (χ1n) is 7.85. The number of aryl methyl sites for hydroxylation is 1. The zero-order chi connectivity index (χ0) is 18.0. The standard InChI is InChI=1S/C18H19BrN4O2/c1-12-20-21-17(23(12)3)10-22(2)18(24)11-25-16-7-5-13-8-15(19)6-4-14(13)9-16/h4-9H,10-11H2,1-3H3. The number of halogens is 1. The molecule has 0 aliphatic carbocycles. The number of amides is 1. The van der Waals surface area contributed by atoms with Crippen LogP contribution in [-0.4, -0.2) is 39.2 Å². The summed E-state index contributed by atoms with van der Waals surface area (Å²) in [6.45, 7) is 2.25. The number of nitrogens with zero attached hydrogens (tertiary/aromatic N) is 4. The van der Waals surface area contributed by atoms with Gasteiger partial charge in [-0.15, -0.1) is 10.2 Å². The number of aromatic nitrogens is 3. The van der Waals surface area contributed by atoms with E-state index < -0.39 is 0 Å². The zero-order valence-corrected chi connectivity index (χ0v) is 15.9. The average Bonchev–Trinajstić information content (AvgIpc) is 2.91. The van der Waals surface area contributed by atoms with Crippen molar-refractivity contribution < 1.29 is 9.53 Å². The second kappa shape index (κ2) is 7.23. The van der Waals surface area contributed by atoms with Crippen molar-refractivity contribution in [3.63, 3.8) is 0 Å². The molecule has 0 saturated heterocycles. The van der Waals surface area contributed by atoms with Gasteiger partial charge in [0.15, 0.2) is 12.4 Å². The lowest BCUT2D eigenvalue weighted by Gasteiger charge is -2.17. The van der Waals surface area contributed by atoms with Crippen LogP contribution >= 0.6 is 15.9 Å². The Bertz CT molecular complexity index is 923. The Morgan fingerprint density at radius 1 is 1.20 bits per heavy atom. The predicted octanol–water partition coefficient (Wildman–Crippen LogP) is 3.08. The molecule has 1 amide bonds. The number of hydrogen-bond donors (Lipinski definition) is 0. The summed E-state index contributed by atoms with van der Waals surface area (Å²) in [6.07, 6.45) is 0. The van der Waals surface area contributed by atoms with Crippen LogP contribution in [-0.2, 0) is 18.4 Å². The highest BCUT2D eigenvalue weighted by atomic mass is 79.9. The first kappa shape index (κ1) is 17.4. The molecule has 0 radical (unpaired) electrons. The van der Waals surface area contributed by atoms with E-state index in [4.69, 9.17) is 4.74 Å². The molecule has 0 atom stereocenters. The largest absolute Gasteiger partial charge is 0.484 e. The van der Waals surface area contributed by atoms with Crippen molar-refractivity contribution in [1.82, 2.24) is 19.7 Å². The number of ether oxygens (including phenoxy) is 1. The number of hydrogen-bond acceptors (Lipinski definition) is 4. The van der Waals surface area contributed by atoms with Crippen LogP contribution in [0.2, 0.25) is 0 Å². The van der Waals surface area contributed by atoms with E-state index in [2.05, 4.69) is 26.1 Å². The van der Waals surface area contributed by atoms with Gasteiger partial charge in [0.05, 0.1) is 6.54 Å². The fraction of sp³-hybridized carbons (Fsp3) is 0.278. The minimum Gasteiger partial charge on any atom is -0.484 e. The molecule has 1 heterocycles. The molecule has 1 aromatic heterocycles. The van der Waals surface area contributed by atoms with Crippen molar-refractivity contribution in [1.29, 1.82) is 0 Å². The fourth-order valence-corrected chi connectivity index (χ4v) is 2.81. The summed E-state index contributed by atoms with van der Waals surface area (Å²) in [5.74, 6) is 2.11. The molecule has 2 aromatic carbocycles. The van der Waals surface area contributed by atoms with Crippen molar-refractivity contribution >= 4 is 32.6 Å². The summed E-state index contributed by atoms with van der Waals surface area (Å²) < 4.78 is 8.55. The number of rotatable bonds is 5. The molecule has 0 unspecified atom stereocenters. The van der Waals surface area contributed by atoms with E-state index >= 15 is 0 Å². The molecule has 3 aromatic rings. The maximum Gasteiger partial charge on any atom is 0.260 e. The number of benzene rings is 2. The molecule has 0 aliphatic rings. The first-order chi connectivity index (χ1) is 11.9. The van der Waals surface area contributed by atoms with Crippen LogP contribution in [0.25, 0.3) is 10.8 Å². The fourth-order valence-electron chi connectivity index (χ4n) is 2.43. The van der Waals surface area contributed by atoms with Gasteiger partial charge < -0.3 is 14.2 Å². The van der Waals surface area contributed by atoms with Crippen molar-refractivity contribution in [2.75, 3.05) is 13.7 Å². The second-order valence-corrected chi connectivity index (χ2v) is 6.83. The topological polar surface area (TPSA) is 60.3 Å². The van der Waals surface area contributed by atoms with Crippen LogP contribution in [0.5, 0.6) is 5.75 Å². The number of likely N-dealkylation sites (N-methyl/N-ethyl adjacent to an activating group) is 1. The minimum absolute atomic E-state index is 0.0185. The van der Waals surface area contributed by atoms with Crippen molar-refractivity contribution in [2.24, 2.45) is 7.05 Å². The van der Waals surface area contributed by atoms with Crippen LogP contribution in [0, 0.1) is 6.92 Å². The van der Waals surface area contributed by atoms with Crippen LogP contribution < -0.4 is 4.74 Å². The van der Waals surface area contributed by atoms with Crippen molar-refractivity contribution in [3.05, 3.63) is 52.5 Å². The predicted molar refractivity (Wildman–Crippen MR) is 99.4 cm³/mol. The van der Waals surface area contributed by atoms with E-state index in [1.54, 1.807) is 11.9 Å². The normalized spacial score (nSPS) is 10.9. The molecule has 130 valence electrons. The molecule has 0 saturated carbocycles. The van der Waals surface area contributed by atoms with E-state index in [1.807, 2.05) is 54.9 Å². The maximum absolute atomic E-state index is 12.3. The summed E-state index contributed by atoms with van der Waals surface area (Å²) in [5, 5.41) is 10.2. The highest BCUT2D eigenvalue weighted by molar-refractivity contribution is 9.10. The highest BCUT2D eigenvalue weighted by Gasteiger charge is 2.14. The van der Waals surface area contributed by atoms with E-state index in [9.17, 15) is 4.79 Å². The van der Waals surface area contributed by atoms with Crippen molar-refractivity contribution in [3.8, 4) is 5.75 Å². The van der Waals surface area contributed by atoms with Gasteiger partial charge in [-0.25, -0.2) is 0 Å². The van der Waals surface area contributed by atoms with E-state index in [0.717, 1.165) is 26.9 Å². The van der Waals surface area contributed by atoms with Gasteiger partial charge in [0.1, 0.15) is 11.6 Å². The Morgan fingerprint density at radius 2 is 1.92 bits per heavy atom. The Morgan fingerprint density at radius 3 is 2.64 bits per heavy atom. The summed E-state index contributed by atoms with van der Waals surface area (Å²) in [7, 11) is 3.61. The summed E-state index contributed by atoms with van der Waals surface area (Å²) >= 11 is 3.46. The zero-order valence-electron chi connectivity index (χ0n) is 14.4. The Labute approximate surface area is 154 Å². The lowest BCUT2D eigenvalue weighted by Crippen LogP contribution is -2.31. The Balaban J connectivity index is 1.61. The third kappa shape index (κ3) is 3.99. The molecule has 0 spiro atoms. The molecular formula is C18H19BrN4O2. The quantitative estimate of drug-likeness (QED) is 0.657. The Kier molecular flexibility index (Phi) is 5.03. The van der Waals surface area contributed by atoms with E-state index in [0.29, 0.717) is 12.3 Å². The third-order valence-electron chi connectivity index (χ3n) is 4.12. The van der Waals surface area contributed by atoms with Gasteiger partial charge in [-0.3, -0.25) is 4.79 Å². The van der Waals surface area contributed by atoms with E-state index in [-0.39, 0.29) is 12.5 Å². The lowest BCUT2D eigenvalue weighted by molar-refractivity contribution is -0.132. The van der Waals surface area contributed by atoms with Gasteiger partial charge in [-0.05, 0) is 42.0 Å². The van der Waals surface area contributed by atoms with Gasteiger partial charge in [0.2, 0.25) is 0 Å². The second-order valence-electron chi connectivity index (χ2n) is 5.91. The Hall–Kier alpha value is -2.41. The molecule has 6 nitrogen and oxygen atoms in total. The van der Waals surface area contributed by atoms with Crippen LogP contribution in [0.3, 0.4) is 0 Å². The first-order valence-corrected chi connectivity index (χ1v) is 8.64. The highest BCUT2D eigenvalue weighted by Crippen LogP contribution is 2.24. The minimum atomic E-state index is -0.114. The van der Waals surface area contributed by atoms with Gasteiger partial charge in [0.25, 0.3) is 5.91 Å². The van der Waals surface area contributed by atoms with Gasteiger partial charge in [0, 0.05) is 18.6 Å². The van der Waals surface area contributed by atoms with Gasteiger partial charge >= 0.3 is 0 Å². The van der Waals surface area contributed by atoms with E-state index in [1.165, 1.54) is 0 Å². The third-order valence-corrected chi connectivity index (χ3v) is 4.62. The molecule has 0 fully saturated rings. The number of carbonyl (C=O) groups is 1. The number of fused-ring (bicyclic) bond motifs is 1. The van der Waals surface area contributed by atoms with Crippen molar-refractivity contribution in [2.45, 2.75) is 13.5 Å². The summed E-state index contributed by atoms with van der Waals surface area (Å²) in [4.78, 5) is 13.9. The SMILES string of the molecule is Cc1nnc(CN(C)C(=O)COc2ccc3cc(Br)ccc3c2)n1C. The molecule has 0 bridgehead atoms. The number of carbonyl (C=O) groups excluding carboxylic acids is 1. The monoisotopic (exact) mass is 402 g/mol. The lowest BCUT2D eigenvalue weighted by atomic mass is 10.1.